The summed E-state index contributed by atoms with van der Waals surface area (Å²) in [6.45, 7) is 0.690. The van der Waals surface area contributed by atoms with Gasteiger partial charge in [-0.1, -0.05) is 11.6 Å². The van der Waals surface area contributed by atoms with Gasteiger partial charge in [-0.05, 0) is 6.07 Å². The van der Waals surface area contributed by atoms with Crippen LogP contribution in [-0.2, 0) is 4.79 Å². The van der Waals surface area contributed by atoms with E-state index in [1.54, 1.807) is 0 Å². The zero-order valence-corrected chi connectivity index (χ0v) is 10.0. The lowest BCUT2D eigenvalue weighted by Crippen LogP contribution is -2.50. The first-order chi connectivity index (χ1) is 8.47. The van der Waals surface area contributed by atoms with Crippen molar-refractivity contribution in [3.8, 4) is 0 Å². The molecule has 1 aromatic heterocycles. The number of carbonyl (C=O) groups is 2. The average molecular weight is 273 g/mol. The Morgan fingerprint density at radius 1 is 1.56 bits per heavy atom. The molecule has 7 heteroatoms. The largest absolute Gasteiger partial charge is 0.481 e. The molecule has 0 radical (unpaired) electrons. The molecular weight excluding hydrogens is 263 g/mol. The number of hydrogen-bond donors (Lipinski definition) is 1. The van der Waals surface area contributed by atoms with Crippen LogP contribution >= 0.6 is 11.6 Å². The third-order valence-electron chi connectivity index (χ3n) is 2.74. The minimum absolute atomic E-state index is 0.00504. The fraction of sp³-hybridized carbons (Fsp3) is 0.364. The van der Waals surface area contributed by atoms with Gasteiger partial charge >= 0.3 is 5.97 Å². The van der Waals surface area contributed by atoms with Crippen molar-refractivity contribution in [1.82, 2.24) is 9.88 Å². The zero-order valence-electron chi connectivity index (χ0n) is 9.27. The van der Waals surface area contributed by atoms with Gasteiger partial charge in [0.1, 0.15) is 11.0 Å². The number of hydrogen-bond acceptors (Lipinski definition) is 3. The fourth-order valence-electron chi connectivity index (χ4n) is 1.85. The van der Waals surface area contributed by atoms with Gasteiger partial charge in [0.15, 0.2) is 0 Å². The maximum atomic E-state index is 13.0. The van der Waals surface area contributed by atoms with E-state index in [9.17, 15) is 14.0 Å². The quantitative estimate of drug-likeness (QED) is 0.845. The molecule has 1 aliphatic heterocycles. The van der Waals surface area contributed by atoms with Crippen LogP contribution in [0.25, 0.3) is 0 Å². The standard InChI is InChI=1S/C11H10ClFN2O3/c12-10-8(2-7(13)3-14-10)11(18)15-4-6(5-15)1-9(16)17/h2-3,6H,1,4-5H2,(H,16,17). The Bertz CT molecular complexity index is 503. The highest BCUT2D eigenvalue weighted by Gasteiger charge is 2.33. The Hall–Kier alpha value is -1.69. The lowest BCUT2D eigenvalue weighted by molar-refractivity contribution is -0.139. The molecule has 1 aliphatic rings. The van der Waals surface area contributed by atoms with Crippen molar-refractivity contribution in [2.24, 2.45) is 5.92 Å². The summed E-state index contributed by atoms with van der Waals surface area (Å²) in [5.41, 5.74) is 0.00504. The van der Waals surface area contributed by atoms with Gasteiger partial charge in [-0.3, -0.25) is 9.59 Å². The van der Waals surface area contributed by atoms with Crippen LogP contribution in [0.4, 0.5) is 4.39 Å². The van der Waals surface area contributed by atoms with Crippen molar-refractivity contribution in [3.63, 3.8) is 0 Å². The van der Waals surface area contributed by atoms with Crippen LogP contribution in [0.2, 0.25) is 5.15 Å². The number of carbonyl (C=O) groups excluding carboxylic acids is 1. The number of carboxylic acid groups (broad SMARTS) is 1. The summed E-state index contributed by atoms with van der Waals surface area (Å²) >= 11 is 5.72. The Labute approximate surface area is 107 Å². The monoisotopic (exact) mass is 272 g/mol. The summed E-state index contributed by atoms with van der Waals surface area (Å²) in [5.74, 6) is -2.00. The summed E-state index contributed by atoms with van der Waals surface area (Å²) in [4.78, 5) is 27.4. The van der Waals surface area contributed by atoms with Crippen molar-refractivity contribution in [1.29, 1.82) is 0 Å². The highest BCUT2D eigenvalue weighted by molar-refractivity contribution is 6.32. The molecule has 2 heterocycles. The molecule has 96 valence electrons. The summed E-state index contributed by atoms with van der Waals surface area (Å²) in [6.07, 6.45) is 0.960. The highest BCUT2D eigenvalue weighted by Crippen LogP contribution is 2.24. The summed E-state index contributed by atoms with van der Waals surface area (Å²) in [7, 11) is 0. The maximum Gasteiger partial charge on any atom is 0.303 e. The number of carboxylic acids is 1. The summed E-state index contributed by atoms with van der Waals surface area (Å²) in [5, 5.41) is 8.53. The molecule has 0 aliphatic carbocycles. The number of aliphatic carboxylic acids is 1. The number of amides is 1. The van der Waals surface area contributed by atoms with E-state index in [-0.39, 0.29) is 23.1 Å². The van der Waals surface area contributed by atoms with Gasteiger partial charge in [-0.25, -0.2) is 9.37 Å². The van der Waals surface area contributed by atoms with Crippen LogP contribution in [-0.4, -0.2) is 40.0 Å². The van der Waals surface area contributed by atoms with Gasteiger partial charge in [0.05, 0.1) is 18.2 Å². The average Bonchev–Trinajstić information content (AvgIpc) is 2.25. The van der Waals surface area contributed by atoms with Gasteiger partial charge < -0.3 is 10.0 Å². The summed E-state index contributed by atoms with van der Waals surface area (Å²) < 4.78 is 13.0. The highest BCUT2D eigenvalue weighted by atomic mass is 35.5. The van der Waals surface area contributed by atoms with E-state index in [1.165, 1.54) is 4.90 Å². The second-order valence-electron chi connectivity index (χ2n) is 4.17. The molecule has 1 saturated heterocycles. The first kappa shape index (κ1) is 12.8. The minimum Gasteiger partial charge on any atom is -0.481 e. The zero-order chi connectivity index (χ0) is 13.3. The molecule has 5 nitrogen and oxygen atoms in total. The number of pyridine rings is 1. The van der Waals surface area contributed by atoms with Crippen molar-refractivity contribution < 1.29 is 19.1 Å². The second-order valence-corrected chi connectivity index (χ2v) is 4.52. The molecular formula is C11H10ClFN2O3. The van der Waals surface area contributed by atoms with Gasteiger partial charge in [0.25, 0.3) is 5.91 Å². The Morgan fingerprint density at radius 2 is 2.22 bits per heavy atom. The van der Waals surface area contributed by atoms with Crippen LogP contribution in [0.1, 0.15) is 16.8 Å². The Kier molecular flexibility index (Phi) is 3.47. The third kappa shape index (κ3) is 2.59. The molecule has 0 atom stereocenters. The summed E-state index contributed by atoms with van der Waals surface area (Å²) in [6, 6.07) is 1.03. The van der Waals surface area contributed by atoms with Gasteiger partial charge in [-0.2, -0.15) is 0 Å². The topological polar surface area (TPSA) is 70.5 Å². The van der Waals surface area contributed by atoms with Crippen molar-refractivity contribution >= 4 is 23.5 Å². The Balaban J connectivity index is 2.01. The predicted molar refractivity (Wildman–Crippen MR) is 60.9 cm³/mol. The van der Waals surface area contributed by atoms with Gasteiger partial charge in [0, 0.05) is 19.0 Å². The number of halogens is 2. The van der Waals surface area contributed by atoms with Crippen LogP contribution in [0.5, 0.6) is 0 Å². The van der Waals surface area contributed by atoms with Crippen molar-refractivity contribution in [2.45, 2.75) is 6.42 Å². The van der Waals surface area contributed by atoms with Crippen LogP contribution in [0, 0.1) is 11.7 Å². The van der Waals surface area contributed by atoms with E-state index in [0.29, 0.717) is 13.1 Å². The normalized spacial score (nSPS) is 15.3. The minimum atomic E-state index is -0.891. The lowest BCUT2D eigenvalue weighted by atomic mass is 9.95. The molecule has 0 aromatic carbocycles. The van der Waals surface area contributed by atoms with Crippen molar-refractivity contribution in [3.05, 3.63) is 28.8 Å². The van der Waals surface area contributed by atoms with E-state index in [1.807, 2.05) is 0 Å². The lowest BCUT2D eigenvalue weighted by Gasteiger charge is -2.38. The Morgan fingerprint density at radius 3 is 2.83 bits per heavy atom. The molecule has 18 heavy (non-hydrogen) atoms. The molecule has 1 aromatic rings. The molecule has 1 N–H and O–H groups in total. The van der Waals surface area contributed by atoms with Gasteiger partial charge in [-0.15, -0.1) is 0 Å². The van der Waals surface area contributed by atoms with E-state index in [4.69, 9.17) is 16.7 Å². The van der Waals surface area contributed by atoms with Crippen LogP contribution in [0.3, 0.4) is 0 Å². The number of nitrogens with zero attached hydrogens (tertiary/aromatic N) is 2. The first-order valence-corrected chi connectivity index (χ1v) is 5.67. The number of aromatic nitrogens is 1. The SMILES string of the molecule is O=C(O)CC1CN(C(=O)c2cc(F)cnc2Cl)C1. The smallest absolute Gasteiger partial charge is 0.303 e. The fourth-order valence-corrected chi connectivity index (χ4v) is 2.04. The molecule has 2 rings (SSSR count). The van der Waals surface area contributed by atoms with Crippen LogP contribution in [0.15, 0.2) is 12.3 Å². The predicted octanol–water partition coefficient (Wildman–Crippen LogP) is 1.42. The van der Waals surface area contributed by atoms with E-state index in [2.05, 4.69) is 4.98 Å². The van der Waals surface area contributed by atoms with Gasteiger partial charge in [0.2, 0.25) is 0 Å². The van der Waals surface area contributed by atoms with E-state index >= 15 is 0 Å². The molecule has 0 unspecified atom stereocenters. The van der Waals surface area contributed by atoms with Crippen molar-refractivity contribution in [2.75, 3.05) is 13.1 Å². The second kappa shape index (κ2) is 4.89. The number of rotatable bonds is 3. The molecule has 0 spiro atoms. The van der Waals surface area contributed by atoms with E-state index in [0.717, 1.165) is 12.3 Å². The molecule has 1 amide bonds. The van der Waals surface area contributed by atoms with Crippen LogP contribution < -0.4 is 0 Å². The first-order valence-electron chi connectivity index (χ1n) is 5.29. The third-order valence-corrected chi connectivity index (χ3v) is 3.04. The maximum absolute atomic E-state index is 13.0. The molecule has 0 saturated carbocycles. The van der Waals surface area contributed by atoms with E-state index < -0.39 is 17.7 Å². The molecule has 1 fully saturated rings. The molecule has 0 bridgehead atoms. The number of likely N-dealkylation sites (tertiary alicyclic amines) is 1.